The average molecular weight is 653 g/mol. The summed E-state index contributed by atoms with van der Waals surface area (Å²) in [6.45, 7) is 4.68. The maximum absolute atomic E-state index is 9.43. The van der Waals surface area contributed by atoms with Crippen molar-refractivity contribution in [1.82, 2.24) is 9.55 Å². The Morgan fingerprint density at radius 2 is 1.35 bits per heavy atom. The molecule has 0 aliphatic heterocycles. The number of aromatic nitrogens is 2. The normalized spacial score (nSPS) is 13.0. The summed E-state index contributed by atoms with van der Waals surface area (Å²) >= 11 is 0. The van der Waals surface area contributed by atoms with Gasteiger partial charge in [-0.2, -0.15) is 5.26 Å². The van der Waals surface area contributed by atoms with Crippen LogP contribution < -0.4 is 4.90 Å². The fourth-order valence-corrected chi connectivity index (χ4v) is 8.45. The molecule has 2 aromatic heterocycles. The molecule has 240 valence electrons. The minimum atomic E-state index is -0.227. The third-order valence-corrected chi connectivity index (χ3v) is 10.9. The summed E-state index contributed by atoms with van der Waals surface area (Å²) in [6.07, 6.45) is 3.68. The van der Waals surface area contributed by atoms with E-state index < -0.39 is 0 Å². The molecular formula is C47H32N4. The highest BCUT2D eigenvalue weighted by Gasteiger charge is 2.36. The van der Waals surface area contributed by atoms with Gasteiger partial charge in [0.25, 0.3) is 0 Å². The van der Waals surface area contributed by atoms with E-state index in [1.54, 1.807) is 6.20 Å². The molecule has 1 aliphatic rings. The average Bonchev–Trinajstić information content (AvgIpc) is 3.64. The lowest BCUT2D eigenvalue weighted by molar-refractivity contribution is 0.660. The molecule has 0 radical (unpaired) electrons. The first-order valence-electron chi connectivity index (χ1n) is 17.3. The van der Waals surface area contributed by atoms with Crippen LogP contribution in [0, 0.1) is 11.3 Å². The van der Waals surface area contributed by atoms with Crippen molar-refractivity contribution in [3.63, 3.8) is 0 Å². The van der Waals surface area contributed by atoms with Crippen LogP contribution in [0.25, 0.3) is 60.5 Å². The zero-order chi connectivity index (χ0) is 34.3. The molecule has 4 heteroatoms. The maximum atomic E-state index is 9.43. The fraction of sp³-hybridized carbons (Fsp3) is 0.0638. The summed E-state index contributed by atoms with van der Waals surface area (Å²) in [5.74, 6) is 0. The largest absolute Gasteiger partial charge is 0.309 e. The Balaban J connectivity index is 1.10. The smallest absolute Gasteiger partial charge is 0.0991 e. The lowest BCUT2D eigenvalue weighted by atomic mass is 9.81. The summed E-state index contributed by atoms with van der Waals surface area (Å²) in [5, 5.41) is 14.6. The van der Waals surface area contributed by atoms with Crippen LogP contribution in [0.1, 0.15) is 30.5 Å². The van der Waals surface area contributed by atoms with E-state index in [1.165, 1.54) is 71.6 Å². The topological polar surface area (TPSA) is 44.9 Å². The number of para-hydroxylation sites is 1. The SMILES string of the molecule is CC1(C)c2cc(-c3ccc4c5c3ccc3cccc(c35)n4-c3ccccc3)ccc2-c2ccc(N(c3ccc(C#N)cc3)c3cccnc3)cc21. The third-order valence-electron chi connectivity index (χ3n) is 10.9. The Labute approximate surface area is 296 Å². The molecule has 0 fully saturated rings. The number of nitriles is 1. The molecule has 0 saturated heterocycles. The lowest BCUT2D eigenvalue weighted by Crippen LogP contribution is -2.16. The zero-order valence-electron chi connectivity index (χ0n) is 28.3. The highest BCUT2D eigenvalue weighted by atomic mass is 15.1. The molecule has 51 heavy (non-hydrogen) atoms. The number of hydrogen-bond acceptors (Lipinski definition) is 3. The van der Waals surface area contributed by atoms with Crippen molar-refractivity contribution in [3.8, 4) is 34.0 Å². The highest BCUT2D eigenvalue weighted by molar-refractivity contribution is 6.26. The Morgan fingerprint density at radius 1 is 0.608 bits per heavy atom. The second-order valence-electron chi connectivity index (χ2n) is 14.0. The van der Waals surface area contributed by atoms with Gasteiger partial charge in [0.05, 0.1) is 34.6 Å². The molecule has 7 aromatic carbocycles. The van der Waals surface area contributed by atoms with E-state index in [0.717, 1.165) is 17.1 Å². The molecular weight excluding hydrogens is 621 g/mol. The van der Waals surface area contributed by atoms with Crippen LogP contribution >= 0.6 is 0 Å². The monoisotopic (exact) mass is 652 g/mol. The highest BCUT2D eigenvalue weighted by Crippen LogP contribution is 2.52. The van der Waals surface area contributed by atoms with Gasteiger partial charge in [0.15, 0.2) is 0 Å². The molecule has 9 aromatic rings. The van der Waals surface area contributed by atoms with Gasteiger partial charge in [-0.25, -0.2) is 0 Å². The van der Waals surface area contributed by atoms with Gasteiger partial charge < -0.3 is 9.47 Å². The van der Waals surface area contributed by atoms with E-state index in [0.29, 0.717) is 5.56 Å². The number of benzene rings is 7. The van der Waals surface area contributed by atoms with Crippen LogP contribution in [0.15, 0.2) is 158 Å². The van der Waals surface area contributed by atoms with Crippen LogP contribution in [0.2, 0.25) is 0 Å². The second-order valence-corrected chi connectivity index (χ2v) is 14.0. The van der Waals surface area contributed by atoms with Gasteiger partial charge >= 0.3 is 0 Å². The van der Waals surface area contributed by atoms with Crippen LogP contribution in [-0.2, 0) is 5.41 Å². The van der Waals surface area contributed by atoms with Gasteiger partial charge in [0.1, 0.15) is 0 Å². The number of pyridine rings is 1. The summed E-state index contributed by atoms with van der Waals surface area (Å²) in [6, 6.07) is 54.4. The van der Waals surface area contributed by atoms with Gasteiger partial charge in [-0.15, -0.1) is 0 Å². The van der Waals surface area contributed by atoms with E-state index in [1.807, 2.05) is 36.5 Å². The molecule has 10 rings (SSSR count). The van der Waals surface area contributed by atoms with Crippen molar-refractivity contribution in [3.05, 3.63) is 175 Å². The number of rotatable bonds is 5. The molecule has 0 bridgehead atoms. The van der Waals surface area contributed by atoms with Crippen molar-refractivity contribution in [1.29, 1.82) is 5.26 Å². The molecule has 4 nitrogen and oxygen atoms in total. The minimum Gasteiger partial charge on any atom is -0.309 e. The lowest BCUT2D eigenvalue weighted by Gasteiger charge is -2.28. The molecule has 0 N–H and O–H groups in total. The van der Waals surface area contributed by atoms with E-state index in [4.69, 9.17) is 0 Å². The van der Waals surface area contributed by atoms with E-state index in [2.05, 4.69) is 150 Å². The van der Waals surface area contributed by atoms with Gasteiger partial charge in [0.2, 0.25) is 0 Å². The quantitative estimate of drug-likeness (QED) is 0.174. The van der Waals surface area contributed by atoms with Gasteiger partial charge in [-0.05, 0) is 123 Å². The zero-order valence-corrected chi connectivity index (χ0v) is 28.3. The van der Waals surface area contributed by atoms with Crippen molar-refractivity contribution < 1.29 is 0 Å². The molecule has 2 heterocycles. The van der Waals surface area contributed by atoms with Crippen molar-refractivity contribution in [2.75, 3.05) is 4.90 Å². The second kappa shape index (κ2) is 10.9. The first-order chi connectivity index (χ1) is 25.0. The van der Waals surface area contributed by atoms with Crippen molar-refractivity contribution in [2.45, 2.75) is 19.3 Å². The molecule has 0 spiro atoms. The summed E-state index contributed by atoms with van der Waals surface area (Å²) in [4.78, 5) is 6.65. The Hall–Kier alpha value is -6.70. The van der Waals surface area contributed by atoms with Gasteiger partial charge in [-0.1, -0.05) is 80.6 Å². The summed E-state index contributed by atoms with van der Waals surface area (Å²) in [5.41, 5.74) is 14.7. The molecule has 0 unspecified atom stereocenters. The fourth-order valence-electron chi connectivity index (χ4n) is 8.45. The first kappa shape index (κ1) is 29.2. The van der Waals surface area contributed by atoms with Crippen LogP contribution in [-0.4, -0.2) is 9.55 Å². The Kier molecular flexibility index (Phi) is 6.25. The first-order valence-corrected chi connectivity index (χ1v) is 17.3. The standard InChI is InChI=1S/C47H32N4/c1-47(2)41-26-32(37-23-24-44-46-40(37)21-15-31-8-6-12-43(45(31)46)51(44)33-9-4-3-5-10-33)16-20-38(41)39-22-19-35(27-42(39)47)50(36-11-7-25-49-29-36)34-17-13-30(28-48)14-18-34/h3-27,29H,1-2H3. The summed E-state index contributed by atoms with van der Waals surface area (Å²) in [7, 11) is 0. The molecule has 0 saturated carbocycles. The molecule has 0 atom stereocenters. The third kappa shape index (κ3) is 4.28. The van der Waals surface area contributed by atoms with Crippen LogP contribution in [0.5, 0.6) is 0 Å². The maximum Gasteiger partial charge on any atom is 0.0991 e. The number of anilines is 3. The van der Waals surface area contributed by atoms with Crippen LogP contribution in [0.4, 0.5) is 17.1 Å². The van der Waals surface area contributed by atoms with Gasteiger partial charge in [0, 0.05) is 39.4 Å². The minimum absolute atomic E-state index is 0.227. The summed E-state index contributed by atoms with van der Waals surface area (Å²) < 4.78 is 2.40. The Bertz CT molecular complexity index is 2820. The Morgan fingerprint density at radius 3 is 2.14 bits per heavy atom. The van der Waals surface area contributed by atoms with Crippen molar-refractivity contribution >= 4 is 49.6 Å². The van der Waals surface area contributed by atoms with E-state index in [9.17, 15) is 5.26 Å². The van der Waals surface area contributed by atoms with E-state index in [-0.39, 0.29) is 5.41 Å². The van der Waals surface area contributed by atoms with Crippen molar-refractivity contribution in [2.24, 2.45) is 0 Å². The number of fused-ring (bicyclic) bond motifs is 3. The predicted octanol–water partition coefficient (Wildman–Crippen LogP) is 12.1. The molecule has 0 amide bonds. The number of nitrogens with zero attached hydrogens (tertiary/aromatic N) is 4. The molecule has 1 aliphatic carbocycles. The van der Waals surface area contributed by atoms with E-state index >= 15 is 0 Å². The number of hydrogen-bond donors (Lipinski definition) is 0. The predicted molar refractivity (Wildman–Crippen MR) is 210 cm³/mol. The van der Waals surface area contributed by atoms with Gasteiger partial charge in [-0.3, -0.25) is 4.98 Å². The van der Waals surface area contributed by atoms with Crippen LogP contribution in [0.3, 0.4) is 0 Å².